The number of thiophene rings is 1. The van der Waals surface area contributed by atoms with E-state index in [9.17, 15) is 18.4 Å². The normalized spacial score (nSPS) is 10.5. The van der Waals surface area contributed by atoms with Crippen molar-refractivity contribution in [3.63, 3.8) is 0 Å². The summed E-state index contributed by atoms with van der Waals surface area (Å²) in [6.45, 7) is -2.69. The van der Waals surface area contributed by atoms with E-state index in [1.807, 2.05) is 0 Å². The summed E-state index contributed by atoms with van der Waals surface area (Å²) in [7, 11) is 0. The maximum atomic E-state index is 12.5. The van der Waals surface area contributed by atoms with Gasteiger partial charge in [-0.3, -0.25) is 9.59 Å². The van der Waals surface area contributed by atoms with Crippen molar-refractivity contribution in [2.24, 2.45) is 0 Å². The van der Waals surface area contributed by atoms with E-state index in [4.69, 9.17) is 0 Å². The maximum absolute atomic E-state index is 12.5. The third-order valence-corrected chi connectivity index (χ3v) is 4.64. The van der Waals surface area contributed by atoms with Crippen molar-refractivity contribution in [2.45, 2.75) is 13.2 Å². The fraction of sp³-hybridized carbons (Fsp3) is 0.100. The van der Waals surface area contributed by atoms with Crippen molar-refractivity contribution in [1.29, 1.82) is 0 Å². The lowest BCUT2D eigenvalue weighted by Crippen LogP contribution is -2.24. The Morgan fingerprint density at radius 1 is 0.964 bits per heavy atom. The molecule has 0 saturated heterocycles. The van der Waals surface area contributed by atoms with Gasteiger partial charge in [0.2, 0.25) is 0 Å². The smallest absolute Gasteiger partial charge is 0.387 e. The Morgan fingerprint density at radius 3 is 2.39 bits per heavy atom. The molecule has 3 aromatic rings. The van der Waals surface area contributed by atoms with Crippen molar-refractivity contribution < 1.29 is 23.1 Å². The molecule has 3 rings (SSSR count). The van der Waals surface area contributed by atoms with E-state index in [1.54, 1.807) is 53.9 Å². The first-order valence-electron chi connectivity index (χ1n) is 8.29. The van der Waals surface area contributed by atoms with Crippen LogP contribution in [0.2, 0.25) is 0 Å². The highest BCUT2D eigenvalue weighted by Crippen LogP contribution is 2.19. The van der Waals surface area contributed by atoms with Crippen LogP contribution in [-0.4, -0.2) is 18.4 Å². The predicted molar refractivity (Wildman–Crippen MR) is 103 cm³/mol. The van der Waals surface area contributed by atoms with Crippen LogP contribution in [0.25, 0.3) is 0 Å². The van der Waals surface area contributed by atoms with E-state index in [-0.39, 0.29) is 24.1 Å². The van der Waals surface area contributed by atoms with Gasteiger partial charge in [-0.25, -0.2) is 0 Å². The molecule has 1 aromatic heterocycles. The molecule has 0 unspecified atom stereocenters. The summed E-state index contributed by atoms with van der Waals surface area (Å²) in [4.78, 5) is 25.3. The number of ether oxygens (including phenoxy) is 1. The standard InChI is InChI=1S/C20H16F2N2O3S/c21-20(22)27-14-9-7-13(8-10-14)12-23-18(25)15-4-1-2-5-16(15)24-19(26)17-6-3-11-28-17/h1-11,20H,12H2,(H,23,25)(H,24,26). The second-order valence-electron chi connectivity index (χ2n) is 5.68. The molecule has 144 valence electrons. The third-order valence-electron chi connectivity index (χ3n) is 3.77. The zero-order valence-electron chi connectivity index (χ0n) is 14.5. The van der Waals surface area contributed by atoms with Crippen LogP contribution in [0.5, 0.6) is 5.75 Å². The number of para-hydroxylation sites is 1. The van der Waals surface area contributed by atoms with Gasteiger partial charge >= 0.3 is 6.61 Å². The number of hydrogen-bond acceptors (Lipinski definition) is 4. The van der Waals surface area contributed by atoms with Crippen LogP contribution in [-0.2, 0) is 6.54 Å². The number of anilines is 1. The number of alkyl halides is 2. The lowest BCUT2D eigenvalue weighted by Gasteiger charge is -2.11. The van der Waals surface area contributed by atoms with Crippen molar-refractivity contribution in [1.82, 2.24) is 5.32 Å². The molecule has 0 spiro atoms. The van der Waals surface area contributed by atoms with Crippen molar-refractivity contribution in [2.75, 3.05) is 5.32 Å². The Bertz CT molecular complexity index is 944. The molecule has 8 heteroatoms. The molecule has 0 radical (unpaired) electrons. The van der Waals surface area contributed by atoms with Gasteiger partial charge in [0.25, 0.3) is 11.8 Å². The number of halogens is 2. The van der Waals surface area contributed by atoms with Gasteiger partial charge in [-0.15, -0.1) is 11.3 Å². The molecule has 0 saturated carbocycles. The number of nitrogens with one attached hydrogen (secondary N) is 2. The van der Waals surface area contributed by atoms with Crippen LogP contribution in [0.15, 0.2) is 66.0 Å². The lowest BCUT2D eigenvalue weighted by molar-refractivity contribution is -0.0498. The van der Waals surface area contributed by atoms with Gasteiger partial charge in [0.05, 0.1) is 16.1 Å². The van der Waals surface area contributed by atoms with E-state index >= 15 is 0 Å². The van der Waals surface area contributed by atoms with Gasteiger partial charge in [-0.05, 0) is 41.3 Å². The fourth-order valence-electron chi connectivity index (χ4n) is 2.45. The molecule has 0 fully saturated rings. The second kappa shape index (κ2) is 9.09. The van der Waals surface area contributed by atoms with Gasteiger partial charge in [0.15, 0.2) is 0 Å². The zero-order chi connectivity index (χ0) is 19.9. The zero-order valence-corrected chi connectivity index (χ0v) is 15.3. The number of hydrogen-bond donors (Lipinski definition) is 2. The molecule has 5 nitrogen and oxygen atoms in total. The van der Waals surface area contributed by atoms with Crippen LogP contribution in [0.1, 0.15) is 25.6 Å². The molecule has 0 atom stereocenters. The summed E-state index contributed by atoms with van der Waals surface area (Å²) < 4.78 is 28.6. The van der Waals surface area contributed by atoms with Gasteiger partial charge in [0.1, 0.15) is 5.75 Å². The molecule has 1 heterocycles. The molecular weight excluding hydrogens is 386 g/mol. The first-order chi connectivity index (χ1) is 13.5. The molecule has 2 N–H and O–H groups in total. The summed E-state index contributed by atoms with van der Waals surface area (Å²) >= 11 is 1.31. The largest absolute Gasteiger partial charge is 0.435 e. The van der Waals surface area contributed by atoms with Gasteiger partial charge in [-0.1, -0.05) is 30.3 Å². The number of carbonyl (C=O) groups is 2. The van der Waals surface area contributed by atoms with E-state index in [0.29, 0.717) is 16.1 Å². The predicted octanol–water partition coefficient (Wildman–Crippen LogP) is 4.53. The average Bonchev–Trinajstić information content (AvgIpc) is 3.22. The Kier molecular flexibility index (Phi) is 6.33. The SMILES string of the molecule is O=C(Nc1ccccc1C(=O)NCc1ccc(OC(F)F)cc1)c1cccs1. The quantitative estimate of drug-likeness (QED) is 0.610. The number of carbonyl (C=O) groups excluding carboxylic acids is 2. The summed E-state index contributed by atoms with van der Waals surface area (Å²) in [6.07, 6.45) is 0. The number of benzene rings is 2. The van der Waals surface area contributed by atoms with Gasteiger partial charge in [-0.2, -0.15) is 8.78 Å². The van der Waals surface area contributed by atoms with Gasteiger partial charge in [0, 0.05) is 6.54 Å². The molecule has 28 heavy (non-hydrogen) atoms. The first kappa shape index (κ1) is 19.5. The summed E-state index contributed by atoms with van der Waals surface area (Å²) in [5.41, 5.74) is 1.44. The average molecular weight is 402 g/mol. The minimum atomic E-state index is -2.88. The lowest BCUT2D eigenvalue weighted by atomic mass is 10.1. The highest BCUT2D eigenvalue weighted by atomic mass is 32.1. The Balaban J connectivity index is 1.63. The van der Waals surface area contributed by atoms with Crippen LogP contribution in [0.3, 0.4) is 0 Å². The van der Waals surface area contributed by atoms with E-state index in [1.165, 1.54) is 23.5 Å². The third kappa shape index (κ3) is 5.14. The van der Waals surface area contributed by atoms with Crippen LogP contribution >= 0.6 is 11.3 Å². The van der Waals surface area contributed by atoms with Gasteiger partial charge < -0.3 is 15.4 Å². The highest BCUT2D eigenvalue weighted by molar-refractivity contribution is 7.12. The summed E-state index contributed by atoms with van der Waals surface area (Å²) in [6, 6.07) is 16.1. The Labute approximate surface area is 164 Å². The molecule has 0 aliphatic carbocycles. The van der Waals surface area contributed by atoms with E-state index in [0.717, 1.165) is 5.56 Å². The van der Waals surface area contributed by atoms with Crippen molar-refractivity contribution in [3.8, 4) is 5.75 Å². The van der Waals surface area contributed by atoms with Crippen molar-refractivity contribution >= 4 is 28.8 Å². The molecule has 2 aromatic carbocycles. The highest BCUT2D eigenvalue weighted by Gasteiger charge is 2.14. The topological polar surface area (TPSA) is 67.4 Å². The summed E-state index contributed by atoms with van der Waals surface area (Å²) in [5, 5.41) is 7.28. The first-order valence-corrected chi connectivity index (χ1v) is 9.17. The van der Waals surface area contributed by atoms with E-state index in [2.05, 4.69) is 15.4 Å². The molecule has 2 amide bonds. The second-order valence-corrected chi connectivity index (χ2v) is 6.63. The molecule has 0 aliphatic heterocycles. The monoisotopic (exact) mass is 402 g/mol. The number of amides is 2. The van der Waals surface area contributed by atoms with E-state index < -0.39 is 6.61 Å². The molecule has 0 aliphatic rings. The molecule has 0 bridgehead atoms. The Hall–Kier alpha value is -3.26. The number of rotatable bonds is 7. The maximum Gasteiger partial charge on any atom is 0.387 e. The minimum absolute atomic E-state index is 0.0479. The van der Waals surface area contributed by atoms with Crippen LogP contribution in [0, 0.1) is 0 Å². The minimum Gasteiger partial charge on any atom is -0.435 e. The fourth-order valence-corrected chi connectivity index (χ4v) is 3.07. The van der Waals surface area contributed by atoms with Crippen molar-refractivity contribution in [3.05, 3.63) is 82.0 Å². The summed E-state index contributed by atoms with van der Waals surface area (Å²) in [5.74, 6) is -0.605. The molecular formula is C20H16F2N2O3S. The van der Waals surface area contributed by atoms with Crippen LogP contribution < -0.4 is 15.4 Å². The Morgan fingerprint density at radius 2 is 1.71 bits per heavy atom. The van der Waals surface area contributed by atoms with Crippen LogP contribution in [0.4, 0.5) is 14.5 Å².